The fourth-order valence-corrected chi connectivity index (χ4v) is 2.19. The molecule has 0 spiro atoms. The van der Waals surface area contributed by atoms with Gasteiger partial charge in [-0.25, -0.2) is 4.79 Å². The van der Waals surface area contributed by atoms with Crippen LogP contribution in [0.4, 0.5) is 4.79 Å². The van der Waals surface area contributed by atoms with E-state index in [4.69, 9.17) is 10.5 Å². The van der Waals surface area contributed by atoms with E-state index in [1.165, 1.54) is 4.90 Å². The zero-order valence-electron chi connectivity index (χ0n) is 12.4. The maximum absolute atomic E-state index is 12.0. The lowest BCUT2D eigenvalue weighted by atomic mass is 10.1. The molecule has 21 heavy (non-hydrogen) atoms. The number of nitrogens with one attached hydrogen (secondary N) is 1. The smallest absolute Gasteiger partial charge is 0.325 e. The normalized spacial score (nSPS) is 17.0. The van der Waals surface area contributed by atoms with Crippen molar-refractivity contribution in [1.29, 1.82) is 0 Å². The maximum Gasteiger partial charge on any atom is 0.325 e. The van der Waals surface area contributed by atoms with Gasteiger partial charge >= 0.3 is 6.03 Å². The van der Waals surface area contributed by atoms with Crippen LogP contribution in [0.5, 0.6) is 5.75 Å². The van der Waals surface area contributed by atoms with Crippen molar-refractivity contribution in [2.75, 3.05) is 19.7 Å². The lowest BCUT2D eigenvalue weighted by Crippen LogP contribution is -2.40. The summed E-state index contributed by atoms with van der Waals surface area (Å²) in [6.45, 7) is 4.49. The van der Waals surface area contributed by atoms with Gasteiger partial charge in [-0.05, 0) is 44.5 Å². The second-order valence-corrected chi connectivity index (χ2v) is 5.54. The Balaban J connectivity index is 1.84. The molecule has 6 nitrogen and oxygen atoms in total. The molecule has 1 aromatic rings. The van der Waals surface area contributed by atoms with E-state index >= 15 is 0 Å². The molecule has 0 radical (unpaired) electrons. The van der Waals surface area contributed by atoms with Gasteiger partial charge in [-0.2, -0.15) is 0 Å². The van der Waals surface area contributed by atoms with Gasteiger partial charge < -0.3 is 15.8 Å². The van der Waals surface area contributed by atoms with Gasteiger partial charge in [0, 0.05) is 0 Å². The lowest BCUT2D eigenvalue weighted by Gasteiger charge is -2.16. The maximum atomic E-state index is 12.0. The number of benzene rings is 1. The Morgan fingerprint density at radius 1 is 1.24 bits per heavy atom. The van der Waals surface area contributed by atoms with Crippen molar-refractivity contribution in [3.8, 4) is 5.75 Å². The first-order valence-corrected chi connectivity index (χ1v) is 7.00. The Hall–Kier alpha value is -2.08. The Bertz CT molecular complexity index is 525. The molecule has 2 rings (SSSR count). The van der Waals surface area contributed by atoms with E-state index in [0.717, 1.165) is 12.0 Å². The van der Waals surface area contributed by atoms with Crippen LogP contribution < -0.4 is 15.8 Å². The monoisotopic (exact) mass is 291 g/mol. The van der Waals surface area contributed by atoms with E-state index < -0.39 is 5.54 Å². The summed E-state index contributed by atoms with van der Waals surface area (Å²) in [5.74, 6) is 0.483. The third kappa shape index (κ3) is 3.52. The molecule has 3 N–H and O–H groups in total. The molecule has 1 aromatic carbocycles. The van der Waals surface area contributed by atoms with Crippen LogP contribution in [0.1, 0.15) is 19.4 Å². The van der Waals surface area contributed by atoms with Crippen molar-refractivity contribution in [2.45, 2.75) is 25.8 Å². The topological polar surface area (TPSA) is 84.7 Å². The highest BCUT2D eigenvalue weighted by Crippen LogP contribution is 2.17. The highest BCUT2D eigenvalue weighted by molar-refractivity contribution is 6.06. The number of imide groups is 1. The molecule has 1 aliphatic rings. The van der Waals surface area contributed by atoms with Crippen molar-refractivity contribution in [2.24, 2.45) is 5.73 Å². The van der Waals surface area contributed by atoms with Gasteiger partial charge in [-0.15, -0.1) is 0 Å². The summed E-state index contributed by atoms with van der Waals surface area (Å²) in [4.78, 5) is 24.8. The number of hydrogen-bond donors (Lipinski definition) is 2. The second kappa shape index (κ2) is 6.13. The number of nitrogens with two attached hydrogens (primary N) is 1. The molecule has 0 saturated carbocycles. The van der Waals surface area contributed by atoms with Crippen molar-refractivity contribution >= 4 is 11.9 Å². The molecule has 114 valence electrons. The number of carbonyl (C=O) groups is 2. The SMILES string of the molecule is CC1(C)NC(=O)N(CCOc2ccc(CCN)cc2)C1=O. The predicted molar refractivity (Wildman–Crippen MR) is 79.0 cm³/mol. The van der Waals surface area contributed by atoms with Gasteiger partial charge in [0.1, 0.15) is 17.9 Å². The molecule has 1 heterocycles. The van der Waals surface area contributed by atoms with Gasteiger partial charge in [0.2, 0.25) is 0 Å². The highest BCUT2D eigenvalue weighted by atomic mass is 16.5. The number of amides is 3. The molecular weight excluding hydrogens is 270 g/mol. The van der Waals surface area contributed by atoms with E-state index in [1.54, 1.807) is 13.8 Å². The lowest BCUT2D eigenvalue weighted by molar-refractivity contribution is -0.130. The van der Waals surface area contributed by atoms with Gasteiger partial charge in [-0.1, -0.05) is 12.1 Å². The Labute approximate surface area is 124 Å². The molecule has 6 heteroatoms. The van der Waals surface area contributed by atoms with Crippen LogP contribution in [0.15, 0.2) is 24.3 Å². The standard InChI is InChI=1S/C15H21N3O3/c1-15(2)13(19)18(14(20)17-15)9-10-21-12-5-3-11(4-6-12)7-8-16/h3-6H,7-10,16H2,1-2H3,(H,17,20). The minimum atomic E-state index is -0.832. The summed E-state index contributed by atoms with van der Waals surface area (Å²) in [5.41, 5.74) is 5.81. The minimum absolute atomic E-state index is 0.227. The minimum Gasteiger partial charge on any atom is -0.492 e. The highest BCUT2D eigenvalue weighted by Gasteiger charge is 2.43. The summed E-state index contributed by atoms with van der Waals surface area (Å²) in [6, 6.07) is 7.27. The predicted octanol–water partition coefficient (Wildman–Crippen LogP) is 0.897. The molecule has 0 aromatic heterocycles. The van der Waals surface area contributed by atoms with E-state index in [1.807, 2.05) is 24.3 Å². The largest absolute Gasteiger partial charge is 0.492 e. The van der Waals surface area contributed by atoms with Crippen LogP contribution in [-0.2, 0) is 11.2 Å². The average molecular weight is 291 g/mol. The average Bonchev–Trinajstić information content (AvgIpc) is 2.63. The molecule has 0 atom stereocenters. The number of carbonyl (C=O) groups excluding carboxylic acids is 2. The molecule has 0 unspecified atom stereocenters. The van der Waals surface area contributed by atoms with Crippen molar-refractivity contribution in [1.82, 2.24) is 10.2 Å². The van der Waals surface area contributed by atoms with E-state index in [9.17, 15) is 9.59 Å². The fourth-order valence-electron chi connectivity index (χ4n) is 2.19. The molecular formula is C15H21N3O3. The van der Waals surface area contributed by atoms with Gasteiger partial charge in [0.25, 0.3) is 5.91 Å². The summed E-state index contributed by atoms with van der Waals surface area (Å²) < 4.78 is 5.56. The summed E-state index contributed by atoms with van der Waals surface area (Å²) in [6.07, 6.45) is 0.831. The first-order valence-electron chi connectivity index (χ1n) is 7.00. The summed E-state index contributed by atoms with van der Waals surface area (Å²) >= 11 is 0. The van der Waals surface area contributed by atoms with Gasteiger partial charge in [0.05, 0.1) is 6.54 Å². The van der Waals surface area contributed by atoms with Gasteiger partial charge in [0.15, 0.2) is 0 Å². The van der Waals surface area contributed by atoms with Crippen LogP contribution in [0.3, 0.4) is 0 Å². The molecule has 0 bridgehead atoms. The third-order valence-corrected chi connectivity index (χ3v) is 3.38. The van der Waals surface area contributed by atoms with Crippen molar-refractivity contribution < 1.29 is 14.3 Å². The second-order valence-electron chi connectivity index (χ2n) is 5.54. The van der Waals surface area contributed by atoms with Crippen molar-refractivity contribution in [3.05, 3.63) is 29.8 Å². The summed E-state index contributed by atoms with van der Waals surface area (Å²) in [7, 11) is 0. The van der Waals surface area contributed by atoms with Crippen LogP contribution in [0.2, 0.25) is 0 Å². The Morgan fingerprint density at radius 3 is 2.43 bits per heavy atom. The Morgan fingerprint density at radius 2 is 1.90 bits per heavy atom. The Kier molecular flexibility index (Phi) is 4.47. The number of ether oxygens (including phenoxy) is 1. The molecule has 0 aliphatic carbocycles. The number of rotatable bonds is 6. The molecule has 1 fully saturated rings. The summed E-state index contributed by atoms with van der Waals surface area (Å²) in [5, 5.41) is 2.63. The van der Waals surface area contributed by atoms with Crippen molar-refractivity contribution in [3.63, 3.8) is 0 Å². The molecule has 3 amide bonds. The molecule has 1 saturated heterocycles. The van der Waals surface area contributed by atoms with Crippen LogP contribution >= 0.6 is 0 Å². The first kappa shape index (κ1) is 15.3. The van der Waals surface area contributed by atoms with Crippen LogP contribution in [0.25, 0.3) is 0 Å². The van der Waals surface area contributed by atoms with E-state index in [2.05, 4.69) is 5.32 Å². The number of urea groups is 1. The van der Waals surface area contributed by atoms with Crippen LogP contribution in [-0.4, -0.2) is 42.1 Å². The van der Waals surface area contributed by atoms with E-state index in [0.29, 0.717) is 12.3 Å². The third-order valence-electron chi connectivity index (χ3n) is 3.38. The van der Waals surface area contributed by atoms with Crippen LogP contribution in [0, 0.1) is 0 Å². The zero-order chi connectivity index (χ0) is 15.5. The fraction of sp³-hybridized carbons (Fsp3) is 0.467. The quantitative estimate of drug-likeness (QED) is 0.763. The first-order chi connectivity index (χ1) is 9.94. The van der Waals surface area contributed by atoms with E-state index in [-0.39, 0.29) is 25.1 Å². The zero-order valence-corrected chi connectivity index (χ0v) is 12.4. The molecule has 1 aliphatic heterocycles. The van der Waals surface area contributed by atoms with Gasteiger partial charge in [-0.3, -0.25) is 9.69 Å². The number of hydrogen-bond acceptors (Lipinski definition) is 4. The number of nitrogens with zero attached hydrogens (tertiary/aromatic N) is 1.